The molecule has 2 saturated carbocycles. The van der Waals surface area contributed by atoms with E-state index in [9.17, 15) is 0 Å². The van der Waals surface area contributed by atoms with Gasteiger partial charge in [-0.1, -0.05) is 0 Å². The number of likely N-dealkylation sites (tertiary alicyclic amines) is 1. The van der Waals surface area contributed by atoms with Crippen LogP contribution in [0.5, 0.6) is 0 Å². The lowest BCUT2D eigenvalue weighted by molar-refractivity contribution is -0.0233. The predicted octanol–water partition coefficient (Wildman–Crippen LogP) is 2.71. The Morgan fingerprint density at radius 1 is 0.875 bits per heavy atom. The van der Waals surface area contributed by atoms with Crippen LogP contribution in [0.4, 0.5) is 0 Å². The molecule has 0 radical (unpaired) electrons. The molecule has 1 N–H and O–H groups in total. The summed E-state index contributed by atoms with van der Waals surface area (Å²) in [4.78, 5) is 5.81. The van der Waals surface area contributed by atoms with Crippen molar-refractivity contribution in [1.82, 2.24) is 15.1 Å². The molecule has 5 aliphatic heterocycles. The topological polar surface area (TPSA) is 18.5 Å². The first-order valence-corrected chi connectivity index (χ1v) is 11.0. The Hall–Kier alpha value is -0.120. The van der Waals surface area contributed by atoms with Crippen molar-refractivity contribution in [3.05, 3.63) is 0 Å². The molecule has 5 heterocycles. The van der Waals surface area contributed by atoms with Crippen LogP contribution >= 0.6 is 0 Å². The fourth-order valence-corrected chi connectivity index (χ4v) is 8.03. The molecule has 0 aromatic heterocycles. The second-order valence-corrected chi connectivity index (χ2v) is 10.4. The number of hydrogen-bond acceptors (Lipinski definition) is 3. The van der Waals surface area contributed by atoms with Gasteiger partial charge in [-0.3, -0.25) is 4.90 Å². The summed E-state index contributed by atoms with van der Waals surface area (Å²) in [6, 6.07) is 2.63. The van der Waals surface area contributed by atoms with Gasteiger partial charge in [0.1, 0.15) is 0 Å². The molecule has 6 bridgehead atoms. The van der Waals surface area contributed by atoms with Gasteiger partial charge in [0.2, 0.25) is 0 Å². The fraction of sp³-hybridized carbons (Fsp3) is 1.00. The van der Waals surface area contributed by atoms with E-state index in [4.69, 9.17) is 0 Å². The molecule has 3 nitrogen and oxygen atoms in total. The molecular weight excluding hydrogens is 294 g/mol. The van der Waals surface area contributed by atoms with Gasteiger partial charge >= 0.3 is 0 Å². The normalized spacial score (nSPS) is 56.8. The highest BCUT2D eigenvalue weighted by Gasteiger charge is 2.54. The van der Waals surface area contributed by atoms with Crippen molar-refractivity contribution in [1.29, 1.82) is 0 Å². The maximum absolute atomic E-state index is 3.87. The first-order chi connectivity index (χ1) is 11.8. The second-order valence-electron chi connectivity index (χ2n) is 10.4. The van der Waals surface area contributed by atoms with Crippen LogP contribution in [0.1, 0.15) is 57.8 Å². The van der Waals surface area contributed by atoms with Crippen LogP contribution in [0.2, 0.25) is 0 Å². The standard InChI is InChI=1S/C21H35N3/c1-2-19-20(10-15(1)12-22-19)24-8-6-21(5-3-18(24)11-21)17-9-16-4-7-23(13-16)14-17/h15-20,22H,1-14H2. The van der Waals surface area contributed by atoms with E-state index in [2.05, 4.69) is 15.1 Å². The van der Waals surface area contributed by atoms with Crippen molar-refractivity contribution in [2.24, 2.45) is 23.2 Å². The lowest BCUT2D eigenvalue weighted by Crippen LogP contribution is -2.62. The molecular formula is C21H35N3. The zero-order valence-corrected chi connectivity index (χ0v) is 15.3. The minimum atomic E-state index is 0.740. The lowest BCUT2D eigenvalue weighted by atomic mass is 9.65. The van der Waals surface area contributed by atoms with E-state index in [1.807, 2.05) is 0 Å². The van der Waals surface area contributed by atoms with Crippen molar-refractivity contribution in [2.45, 2.75) is 75.9 Å². The van der Waals surface area contributed by atoms with E-state index in [-0.39, 0.29) is 0 Å². The van der Waals surface area contributed by atoms with E-state index in [1.165, 1.54) is 71.2 Å². The molecule has 134 valence electrons. The molecule has 2 aliphatic carbocycles. The van der Waals surface area contributed by atoms with E-state index >= 15 is 0 Å². The van der Waals surface area contributed by atoms with Crippen molar-refractivity contribution < 1.29 is 0 Å². The summed E-state index contributed by atoms with van der Waals surface area (Å²) in [5.74, 6) is 3.06. The fourth-order valence-electron chi connectivity index (χ4n) is 8.03. The summed E-state index contributed by atoms with van der Waals surface area (Å²) in [5.41, 5.74) is 0.740. The Bertz CT molecular complexity index is 487. The van der Waals surface area contributed by atoms with Crippen LogP contribution in [0, 0.1) is 23.2 Å². The zero-order chi connectivity index (χ0) is 15.7. The van der Waals surface area contributed by atoms with Crippen LogP contribution in [-0.4, -0.2) is 60.6 Å². The first-order valence-electron chi connectivity index (χ1n) is 11.0. The Labute approximate surface area is 147 Å². The van der Waals surface area contributed by atoms with Crippen LogP contribution in [-0.2, 0) is 0 Å². The SMILES string of the molecule is C1CC2NCC1CC2N1CCC2(C3CC4CCN(C4)C3)CCC1C2. The minimum Gasteiger partial charge on any atom is -0.312 e. The van der Waals surface area contributed by atoms with Crippen LogP contribution < -0.4 is 5.32 Å². The number of fused-ring (bicyclic) bond motifs is 7. The Balaban J connectivity index is 1.18. The number of piperidine rings is 4. The van der Waals surface area contributed by atoms with Gasteiger partial charge < -0.3 is 10.2 Å². The summed E-state index contributed by atoms with van der Waals surface area (Å²) in [6.07, 6.45) is 13.6. The smallest absolute Gasteiger partial charge is 0.0255 e. The third-order valence-electron chi connectivity index (χ3n) is 9.31. The van der Waals surface area contributed by atoms with Crippen molar-refractivity contribution in [3.63, 3.8) is 0 Å². The average molecular weight is 330 g/mol. The summed E-state index contributed by atoms with van der Waals surface area (Å²) in [6.45, 7) is 7.01. The number of rotatable bonds is 2. The first kappa shape index (κ1) is 15.0. The van der Waals surface area contributed by atoms with Gasteiger partial charge in [-0.25, -0.2) is 0 Å². The molecule has 5 saturated heterocycles. The third-order valence-corrected chi connectivity index (χ3v) is 9.31. The van der Waals surface area contributed by atoms with Crippen molar-refractivity contribution in [2.75, 3.05) is 32.7 Å². The molecule has 7 aliphatic rings. The molecule has 0 aromatic rings. The highest BCUT2D eigenvalue weighted by molar-refractivity contribution is 5.08. The van der Waals surface area contributed by atoms with Gasteiger partial charge in [0.05, 0.1) is 0 Å². The molecule has 0 aromatic carbocycles. The molecule has 7 rings (SSSR count). The molecule has 24 heavy (non-hydrogen) atoms. The van der Waals surface area contributed by atoms with Gasteiger partial charge in [-0.05, 0) is 101 Å². The minimum absolute atomic E-state index is 0.740. The molecule has 8 unspecified atom stereocenters. The van der Waals surface area contributed by atoms with E-state index in [0.717, 1.165) is 41.3 Å². The third kappa shape index (κ3) is 2.20. The number of nitrogens with zero attached hydrogens (tertiary/aromatic N) is 2. The summed E-state index contributed by atoms with van der Waals surface area (Å²) in [7, 11) is 0. The largest absolute Gasteiger partial charge is 0.312 e. The van der Waals surface area contributed by atoms with E-state index in [0.29, 0.717) is 0 Å². The number of hydrogen-bond donors (Lipinski definition) is 1. The molecule has 7 fully saturated rings. The number of nitrogens with one attached hydrogen (secondary N) is 1. The van der Waals surface area contributed by atoms with Gasteiger partial charge in [0, 0.05) is 31.2 Å². The molecule has 0 amide bonds. The monoisotopic (exact) mass is 329 g/mol. The Kier molecular flexibility index (Phi) is 3.40. The molecule has 8 atom stereocenters. The highest BCUT2D eigenvalue weighted by atomic mass is 15.2. The van der Waals surface area contributed by atoms with E-state index in [1.54, 1.807) is 19.3 Å². The van der Waals surface area contributed by atoms with Crippen molar-refractivity contribution >= 4 is 0 Å². The predicted molar refractivity (Wildman–Crippen MR) is 97.0 cm³/mol. The van der Waals surface area contributed by atoms with Gasteiger partial charge in [0.25, 0.3) is 0 Å². The second kappa shape index (κ2) is 5.44. The van der Waals surface area contributed by atoms with Gasteiger partial charge in [0.15, 0.2) is 0 Å². The lowest BCUT2D eigenvalue weighted by Gasteiger charge is -2.53. The molecule has 3 heteroatoms. The van der Waals surface area contributed by atoms with Gasteiger partial charge in [-0.2, -0.15) is 0 Å². The van der Waals surface area contributed by atoms with Crippen molar-refractivity contribution in [3.8, 4) is 0 Å². The van der Waals surface area contributed by atoms with E-state index < -0.39 is 0 Å². The van der Waals surface area contributed by atoms with Crippen LogP contribution in [0.15, 0.2) is 0 Å². The maximum Gasteiger partial charge on any atom is 0.0255 e. The molecule has 0 spiro atoms. The summed E-state index contributed by atoms with van der Waals surface area (Å²) >= 11 is 0. The Morgan fingerprint density at radius 2 is 1.88 bits per heavy atom. The van der Waals surface area contributed by atoms with Gasteiger partial charge in [-0.15, -0.1) is 0 Å². The summed E-state index contributed by atoms with van der Waals surface area (Å²) < 4.78 is 0. The highest BCUT2D eigenvalue weighted by Crippen LogP contribution is 2.56. The average Bonchev–Trinajstić information content (AvgIpc) is 3.16. The zero-order valence-electron chi connectivity index (χ0n) is 15.3. The maximum atomic E-state index is 3.87. The quantitative estimate of drug-likeness (QED) is 0.840. The summed E-state index contributed by atoms with van der Waals surface area (Å²) in [5, 5.41) is 3.87. The van der Waals surface area contributed by atoms with Crippen LogP contribution in [0.25, 0.3) is 0 Å². The Morgan fingerprint density at radius 3 is 2.67 bits per heavy atom. The van der Waals surface area contributed by atoms with Crippen LogP contribution in [0.3, 0.4) is 0 Å².